The molecule has 0 saturated heterocycles. The Balaban J connectivity index is 1.71. The van der Waals surface area contributed by atoms with Crippen LogP contribution in [0, 0.1) is 5.82 Å². The predicted molar refractivity (Wildman–Crippen MR) is 89.9 cm³/mol. The van der Waals surface area contributed by atoms with Gasteiger partial charge in [0.1, 0.15) is 5.82 Å². The molecule has 0 unspecified atom stereocenters. The number of para-hydroxylation sites is 1. The van der Waals surface area contributed by atoms with Crippen LogP contribution < -0.4 is 5.32 Å². The van der Waals surface area contributed by atoms with Gasteiger partial charge in [-0.3, -0.25) is 4.79 Å². The molecule has 0 bridgehead atoms. The van der Waals surface area contributed by atoms with Gasteiger partial charge < -0.3 is 5.32 Å². The summed E-state index contributed by atoms with van der Waals surface area (Å²) in [6.07, 6.45) is 2.71. The zero-order valence-corrected chi connectivity index (χ0v) is 13.0. The molecule has 3 aromatic rings. The fraction of sp³-hybridized carbons (Fsp3) is 0.158. The summed E-state index contributed by atoms with van der Waals surface area (Å²) in [5.74, 6) is -0.496. The molecular formula is C19H16FN3O. The lowest BCUT2D eigenvalue weighted by molar-refractivity contribution is 0.102. The van der Waals surface area contributed by atoms with Crippen LogP contribution in [0.3, 0.4) is 0 Å². The van der Waals surface area contributed by atoms with Crippen molar-refractivity contribution in [1.29, 1.82) is 0 Å². The van der Waals surface area contributed by atoms with Crippen LogP contribution in [-0.2, 0) is 12.8 Å². The lowest BCUT2D eigenvalue weighted by Gasteiger charge is -2.05. The van der Waals surface area contributed by atoms with Gasteiger partial charge in [-0.2, -0.15) is 5.10 Å². The van der Waals surface area contributed by atoms with Gasteiger partial charge in [-0.15, -0.1) is 0 Å². The van der Waals surface area contributed by atoms with E-state index in [1.54, 1.807) is 16.8 Å². The SMILES string of the molecule is O=C(Nc1ccccc1)c1nn(-c2ccc(F)cc2)c2c1CCC2. The van der Waals surface area contributed by atoms with Crippen molar-refractivity contribution >= 4 is 11.6 Å². The zero-order valence-electron chi connectivity index (χ0n) is 13.0. The standard InChI is InChI=1S/C19H16FN3O/c20-13-9-11-15(12-10-13)23-17-8-4-7-16(17)18(22-23)19(24)21-14-5-2-1-3-6-14/h1-3,5-6,9-12H,4,7-8H2,(H,21,24). The van der Waals surface area contributed by atoms with Gasteiger partial charge in [0.15, 0.2) is 5.69 Å². The monoisotopic (exact) mass is 321 g/mol. The van der Waals surface area contributed by atoms with Gasteiger partial charge in [0.05, 0.1) is 5.69 Å². The first kappa shape index (κ1) is 14.6. The molecule has 0 atom stereocenters. The van der Waals surface area contributed by atoms with Crippen molar-refractivity contribution in [2.24, 2.45) is 0 Å². The van der Waals surface area contributed by atoms with E-state index in [0.29, 0.717) is 5.69 Å². The Morgan fingerprint density at radius 3 is 2.54 bits per heavy atom. The number of hydrogen-bond donors (Lipinski definition) is 1. The maximum absolute atomic E-state index is 13.2. The number of hydrogen-bond acceptors (Lipinski definition) is 2. The Kier molecular flexibility index (Phi) is 3.61. The molecule has 1 N–H and O–H groups in total. The van der Waals surface area contributed by atoms with E-state index in [9.17, 15) is 9.18 Å². The molecule has 24 heavy (non-hydrogen) atoms. The third kappa shape index (κ3) is 2.58. The molecule has 0 aliphatic heterocycles. The number of amides is 1. The van der Waals surface area contributed by atoms with Crippen LogP contribution >= 0.6 is 0 Å². The van der Waals surface area contributed by atoms with Crippen LogP contribution in [0.4, 0.5) is 10.1 Å². The van der Waals surface area contributed by atoms with E-state index in [2.05, 4.69) is 10.4 Å². The molecule has 0 spiro atoms. The molecule has 1 aliphatic carbocycles. The first-order chi connectivity index (χ1) is 11.7. The highest BCUT2D eigenvalue weighted by Gasteiger charge is 2.26. The van der Waals surface area contributed by atoms with Crippen molar-refractivity contribution in [2.75, 3.05) is 5.32 Å². The predicted octanol–water partition coefficient (Wildman–Crippen LogP) is 3.75. The lowest BCUT2D eigenvalue weighted by atomic mass is 10.2. The maximum atomic E-state index is 13.2. The molecule has 1 aliphatic rings. The Hall–Kier alpha value is -2.95. The van der Waals surface area contributed by atoms with Crippen molar-refractivity contribution in [3.63, 3.8) is 0 Å². The smallest absolute Gasteiger partial charge is 0.276 e. The highest BCUT2D eigenvalue weighted by molar-refractivity contribution is 6.04. The summed E-state index contributed by atoms with van der Waals surface area (Å²) in [5.41, 5.74) is 4.00. The van der Waals surface area contributed by atoms with Gasteiger partial charge in [0, 0.05) is 16.9 Å². The largest absolute Gasteiger partial charge is 0.321 e. The van der Waals surface area contributed by atoms with Crippen molar-refractivity contribution in [3.05, 3.63) is 77.4 Å². The van der Waals surface area contributed by atoms with Gasteiger partial charge in [-0.1, -0.05) is 18.2 Å². The Labute approximate surface area is 138 Å². The van der Waals surface area contributed by atoms with Crippen molar-refractivity contribution in [1.82, 2.24) is 9.78 Å². The molecule has 0 saturated carbocycles. The number of nitrogens with one attached hydrogen (secondary N) is 1. The van der Waals surface area contributed by atoms with Crippen LogP contribution in [0.15, 0.2) is 54.6 Å². The van der Waals surface area contributed by atoms with Crippen LogP contribution in [0.5, 0.6) is 0 Å². The average Bonchev–Trinajstić information content (AvgIpc) is 3.19. The second kappa shape index (κ2) is 5.92. The first-order valence-corrected chi connectivity index (χ1v) is 7.95. The molecule has 1 aromatic heterocycles. The van der Waals surface area contributed by atoms with E-state index < -0.39 is 0 Å². The van der Waals surface area contributed by atoms with Crippen LogP contribution in [0.1, 0.15) is 28.2 Å². The van der Waals surface area contributed by atoms with Gasteiger partial charge in [0.25, 0.3) is 5.91 Å². The van der Waals surface area contributed by atoms with Gasteiger partial charge >= 0.3 is 0 Å². The van der Waals surface area contributed by atoms with Crippen molar-refractivity contribution in [3.8, 4) is 5.69 Å². The van der Waals surface area contributed by atoms with E-state index in [0.717, 1.165) is 41.9 Å². The molecule has 0 radical (unpaired) electrons. The third-order valence-electron chi connectivity index (χ3n) is 4.25. The molecule has 1 heterocycles. The highest BCUT2D eigenvalue weighted by Crippen LogP contribution is 2.28. The number of aromatic nitrogens is 2. The van der Waals surface area contributed by atoms with E-state index >= 15 is 0 Å². The van der Waals surface area contributed by atoms with E-state index in [1.807, 2.05) is 30.3 Å². The summed E-state index contributed by atoms with van der Waals surface area (Å²) in [6, 6.07) is 15.5. The van der Waals surface area contributed by atoms with Crippen molar-refractivity contribution < 1.29 is 9.18 Å². The topological polar surface area (TPSA) is 46.9 Å². The molecule has 0 fully saturated rings. The minimum atomic E-state index is -0.287. The van der Waals surface area contributed by atoms with Gasteiger partial charge in [-0.05, 0) is 55.7 Å². The summed E-state index contributed by atoms with van der Waals surface area (Å²) in [6.45, 7) is 0. The molecule has 120 valence electrons. The minimum Gasteiger partial charge on any atom is -0.321 e. The third-order valence-corrected chi connectivity index (χ3v) is 4.25. The Morgan fingerprint density at radius 2 is 1.79 bits per heavy atom. The molecule has 1 amide bonds. The molecule has 4 nitrogen and oxygen atoms in total. The fourth-order valence-electron chi connectivity index (χ4n) is 3.13. The first-order valence-electron chi connectivity index (χ1n) is 7.95. The number of rotatable bonds is 3. The molecule has 4 rings (SSSR count). The molecular weight excluding hydrogens is 305 g/mol. The van der Waals surface area contributed by atoms with Crippen molar-refractivity contribution in [2.45, 2.75) is 19.3 Å². The lowest BCUT2D eigenvalue weighted by Crippen LogP contribution is -2.14. The zero-order chi connectivity index (χ0) is 16.5. The normalized spacial score (nSPS) is 12.9. The molecule has 2 aromatic carbocycles. The second-order valence-electron chi connectivity index (χ2n) is 5.84. The van der Waals surface area contributed by atoms with E-state index in [1.165, 1.54) is 12.1 Å². The maximum Gasteiger partial charge on any atom is 0.276 e. The van der Waals surface area contributed by atoms with Crippen LogP contribution in [0.25, 0.3) is 5.69 Å². The van der Waals surface area contributed by atoms with E-state index in [4.69, 9.17) is 0 Å². The Bertz CT molecular complexity index is 885. The van der Waals surface area contributed by atoms with Gasteiger partial charge in [-0.25, -0.2) is 9.07 Å². The summed E-state index contributed by atoms with van der Waals surface area (Å²) < 4.78 is 14.9. The number of benzene rings is 2. The summed E-state index contributed by atoms with van der Waals surface area (Å²) in [4.78, 5) is 12.6. The number of nitrogens with zero attached hydrogens (tertiary/aromatic N) is 2. The van der Waals surface area contributed by atoms with Crippen LogP contribution in [0.2, 0.25) is 0 Å². The number of anilines is 1. The highest BCUT2D eigenvalue weighted by atomic mass is 19.1. The number of fused-ring (bicyclic) bond motifs is 1. The molecule has 5 heteroatoms. The average molecular weight is 321 g/mol. The quantitative estimate of drug-likeness (QED) is 0.798. The number of carbonyl (C=O) groups excluding carboxylic acids is 1. The van der Waals surface area contributed by atoms with E-state index in [-0.39, 0.29) is 11.7 Å². The summed E-state index contributed by atoms with van der Waals surface area (Å²) in [7, 11) is 0. The second-order valence-corrected chi connectivity index (χ2v) is 5.84. The number of carbonyl (C=O) groups is 1. The number of halogens is 1. The Morgan fingerprint density at radius 1 is 1.04 bits per heavy atom. The summed E-state index contributed by atoms with van der Waals surface area (Å²) >= 11 is 0. The van der Waals surface area contributed by atoms with Crippen LogP contribution in [-0.4, -0.2) is 15.7 Å². The summed E-state index contributed by atoms with van der Waals surface area (Å²) in [5, 5.41) is 7.40. The van der Waals surface area contributed by atoms with Gasteiger partial charge in [0.2, 0.25) is 0 Å². The fourth-order valence-corrected chi connectivity index (χ4v) is 3.13. The minimum absolute atomic E-state index is 0.208.